The topological polar surface area (TPSA) is 66.8 Å². The third-order valence-corrected chi connectivity index (χ3v) is 3.30. The molecule has 5 heteroatoms. The lowest BCUT2D eigenvalue weighted by atomic mass is 10.0. The standard InChI is InChI=1S/C15H21NO4/c1-5-16(15(2,3)14(18)19)13(17)10-11-7-6-8-12(9-11)20-4/h6-9H,5,10H2,1-4H3,(H,18,19). The van der Waals surface area contributed by atoms with Crippen molar-refractivity contribution in [3.8, 4) is 5.75 Å². The van der Waals surface area contributed by atoms with Crippen LogP contribution in [-0.4, -0.2) is 41.1 Å². The summed E-state index contributed by atoms with van der Waals surface area (Å²) >= 11 is 0. The minimum atomic E-state index is -1.22. The molecule has 1 N–H and O–H groups in total. The summed E-state index contributed by atoms with van der Waals surface area (Å²) in [6.07, 6.45) is 0.155. The number of likely N-dealkylation sites (N-methyl/N-ethyl adjacent to an activating group) is 1. The molecular formula is C15H21NO4. The lowest BCUT2D eigenvalue weighted by molar-refractivity contribution is -0.156. The van der Waals surface area contributed by atoms with Crippen LogP contribution in [0.4, 0.5) is 0 Å². The number of carbonyl (C=O) groups is 2. The summed E-state index contributed by atoms with van der Waals surface area (Å²) in [6, 6.07) is 7.20. The van der Waals surface area contributed by atoms with Gasteiger partial charge in [0.25, 0.3) is 0 Å². The van der Waals surface area contributed by atoms with Crippen LogP contribution in [0.15, 0.2) is 24.3 Å². The van der Waals surface area contributed by atoms with Gasteiger partial charge in [0, 0.05) is 6.54 Å². The monoisotopic (exact) mass is 279 g/mol. The number of rotatable bonds is 6. The van der Waals surface area contributed by atoms with Crippen molar-refractivity contribution >= 4 is 11.9 Å². The van der Waals surface area contributed by atoms with E-state index in [1.54, 1.807) is 32.2 Å². The molecule has 0 unspecified atom stereocenters. The molecule has 1 aromatic carbocycles. The summed E-state index contributed by atoms with van der Waals surface area (Å²) in [6.45, 7) is 5.18. The normalized spacial score (nSPS) is 11.0. The Morgan fingerprint density at radius 3 is 2.50 bits per heavy atom. The molecule has 20 heavy (non-hydrogen) atoms. The largest absolute Gasteiger partial charge is 0.497 e. The molecule has 0 saturated carbocycles. The summed E-state index contributed by atoms with van der Waals surface area (Å²) < 4.78 is 5.11. The first-order valence-electron chi connectivity index (χ1n) is 6.49. The number of ether oxygens (including phenoxy) is 1. The second kappa shape index (κ2) is 6.41. The molecule has 0 heterocycles. The van der Waals surface area contributed by atoms with Crippen molar-refractivity contribution in [2.75, 3.05) is 13.7 Å². The fraction of sp³-hybridized carbons (Fsp3) is 0.467. The Kier molecular flexibility index (Phi) is 5.13. The van der Waals surface area contributed by atoms with Crippen molar-refractivity contribution in [2.45, 2.75) is 32.7 Å². The van der Waals surface area contributed by atoms with Crippen LogP contribution in [0.2, 0.25) is 0 Å². The molecular weight excluding hydrogens is 258 g/mol. The molecule has 0 aliphatic rings. The molecule has 0 aliphatic heterocycles. The number of benzene rings is 1. The molecule has 0 aromatic heterocycles. The Hall–Kier alpha value is -2.04. The molecule has 0 fully saturated rings. The van der Waals surface area contributed by atoms with E-state index < -0.39 is 11.5 Å². The first-order valence-corrected chi connectivity index (χ1v) is 6.49. The highest BCUT2D eigenvalue weighted by Crippen LogP contribution is 2.18. The maximum atomic E-state index is 12.3. The zero-order valence-electron chi connectivity index (χ0n) is 12.3. The average molecular weight is 279 g/mol. The number of carboxylic acids is 1. The number of hydrogen-bond donors (Lipinski definition) is 1. The van der Waals surface area contributed by atoms with Crippen molar-refractivity contribution in [2.24, 2.45) is 0 Å². The molecule has 0 bridgehead atoms. The zero-order valence-corrected chi connectivity index (χ0v) is 12.3. The predicted molar refractivity (Wildman–Crippen MR) is 75.8 cm³/mol. The van der Waals surface area contributed by atoms with E-state index in [-0.39, 0.29) is 12.3 Å². The van der Waals surface area contributed by atoms with Crippen molar-refractivity contribution in [1.29, 1.82) is 0 Å². The zero-order chi connectivity index (χ0) is 15.3. The average Bonchev–Trinajstić information content (AvgIpc) is 2.39. The summed E-state index contributed by atoms with van der Waals surface area (Å²) in [5.74, 6) is -0.553. The molecule has 5 nitrogen and oxygen atoms in total. The Labute approximate surface area is 119 Å². The number of aliphatic carboxylic acids is 1. The highest BCUT2D eigenvalue weighted by molar-refractivity contribution is 5.87. The Balaban J connectivity index is 2.90. The molecule has 1 aromatic rings. The highest BCUT2D eigenvalue weighted by Gasteiger charge is 2.36. The third kappa shape index (κ3) is 3.50. The van der Waals surface area contributed by atoms with Crippen LogP contribution in [0.1, 0.15) is 26.3 Å². The molecule has 110 valence electrons. The van der Waals surface area contributed by atoms with Gasteiger partial charge in [-0.3, -0.25) is 4.79 Å². The quantitative estimate of drug-likeness (QED) is 0.864. The van der Waals surface area contributed by atoms with Crippen LogP contribution in [0.25, 0.3) is 0 Å². The third-order valence-electron chi connectivity index (χ3n) is 3.30. The van der Waals surface area contributed by atoms with Crippen LogP contribution >= 0.6 is 0 Å². The molecule has 0 saturated heterocycles. The molecule has 0 spiro atoms. The summed E-state index contributed by atoms with van der Waals surface area (Å²) in [5, 5.41) is 9.23. The van der Waals surface area contributed by atoms with Gasteiger partial charge in [0.1, 0.15) is 11.3 Å². The number of nitrogens with zero attached hydrogens (tertiary/aromatic N) is 1. The summed E-state index contributed by atoms with van der Waals surface area (Å²) in [4.78, 5) is 25.0. The fourth-order valence-electron chi connectivity index (χ4n) is 2.05. The summed E-state index contributed by atoms with van der Waals surface area (Å²) in [5.41, 5.74) is -0.418. The van der Waals surface area contributed by atoms with Gasteiger partial charge in [0.15, 0.2) is 0 Å². The van der Waals surface area contributed by atoms with E-state index >= 15 is 0 Å². The lowest BCUT2D eigenvalue weighted by Crippen LogP contribution is -2.53. The van der Waals surface area contributed by atoms with Gasteiger partial charge in [-0.2, -0.15) is 0 Å². The van der Waals surface area contributed by atoms with E-state index in [9.17, 15) is 14.7 Å². The van der Waals surface area contributed by atoms with E-state index in [0.29, 0.717) is 12.3 Å². The van der Waals surface area contributed by atoms with Gasteiger partial charge in [-0.15, -0.1) is 0 Å². The first kappa shape index (κ1) is 16.0. The van der Waals surface area contributed by atoms with Gasteiger partial charge < -0.3 is 14.7 Å². The minimum Gasteiger partial charge on any atom is -0.497 e. The van der Waals surface area contributed by atoms with E-state index in [4.69, 9.17) is 4.74 Å². The molecule has 0 radical (unpaired) electrons. The van der Waals surface area contributed by atoms with Gasteiger partial charge in [-0.25, -0.2) is 4.79 Å². The molecule has 1 rings (SSSR count). The van der Waals surface area contributed by atoms with E-state index in [0.717, 1.165) is 5.56 Å². The number of amides is 1. The highest BCUT2D eigenvalue weighted by atomic mass is 16.5. The van der Waals surface area contributed by atoms with Crippen molar-refractivity contribution in [3.05, 3.63) is 29.8 Å². The number of methoxy groups -OCH3 is 1. The number of hydrogen-bond acceptors (Lipinski definition) is 3. The van der Waals surface area contributed by atoms with Crippen molar-refractivity contribution in [3.63, 3.8) is 0 Å². The Morgan fingerprint density at radius 1 is 1.35 bits per heavy atom. The SMILES string of the molecule is CCN(C(=O)Cc1cccc(OC)c1)C(C)(C)C(=O)O. The Bertz CT molecular complexity index is 496. The van der Waals surface area contributed by atoms with E-state index in [2.05, 4.69) is 0 Å². The van der Waals surface area contributed by atoms with Crippen molar-refractivity contribution in [1.82, 2.24) is 4.90 Å². The van der Waals surface area contributed by atoms with Crippen LogP contribution in [-0.2, 0) is 16.0 Å². The molecule has 1 amide bonds. The van der Waals surface area contributed by atoms with Crippen LogP contribution in [0.5, 0.6) is 5.75 Å². The van der Waals surface area contributed by atoms with E-state index in [1.807, 2.05) is 6.07 Å². The van der Waals surface area contributed by atoms with Crippen molar-refractivity contribution < 1.29 is 19.4 Å². The molecule has 0 atom stereocenters. The van der Waals surface area contributed by atoms with E-state index in [1.165, 1.54) is 18.7 Å². The first-order chi connectivity index (χ1) is 9.32. The van der Waals surface area contributed by atoms with Gasteiger partial charge in [-0.05, 0) is 38.5 Å². The van der Waals surface area contributed by atoms with Crippen LogP contribution in [0.3, 0.4) is 0 Å². The van der Waals surface area contributed by atoms with Crippen LogP contribution < -0.4 is 4.74 Å². The van der Waals surface area contributed by atoms with Gasteiger partial charge >= 0.3 is 5.97 Å². The second-order valence-corrected chi connectivity index (χ2v) is 5.03. The van der Waals surface area contributed by atoms with Crippen LogP contribution in [0, 0.1) is 0 Å². The number of carbonyl (C=O) groups excluding carboxylic acids is 1. The van der Waals surface area contributed by atoms with Gasteiger partial charge in [0.2, 0.25) is 5.91 Å². The lowest BCUT2D eigenvalue weighted by Gasteiger charge is -2.34. The summed E-state index contributed by atoms with van der Waals surface area (Å²) in [7, 11) is 1.56. The Morgan fingerprint density at radius 2 is 2.00 bits per heavy atom. The minimum absolute atomic E-state index is 0.155. The fourth-order valence-corrected chi connectivity index (χ4v) is 2.05. The van der Waals surface area contributed by atoms with Gasteiger partial charge in [-0.1, -0.05) is 12.1 Å². The predicted octanol–water partition coefficient (Wildman–Crippen LogP) is 1.95. The maximum absolute atomic E-state index is 12.3. The second-order valence-electron chi connectivity index (χ2n) is 5.03. The van der Waals surface area contributed by atoms with Gasteiger partial charge in [0.05, 0.1) is 13.5 Å². The molecule has 0 aliphatic carbocycles. The maximum Gasteiger partial charge on any atom is 0.329 e. The smallest absolute Gasteiger partial charge is 0.329 e. The number of carboxylic acid groups (broad SMARTS) is 1.